The Bertz CT molecular complexity index is 631. The number of carbonyl (C=O) groups excluding carboxylic acids is 2. The van der Waals surface area contributed by atoms with Crippen LogP contribution < -0.4 is 11.5 Å². The van der Waals surface area contributed by atoms with E-state index in [1.807, 2.05) is 0 Å². The molecule has 0 aliphatic heterocycles. The highest BCUT2D eigenvalue weighted by molar-refractivity contribution is 5.66. The number of rotatable bonds is 9. The van der Waals surface area contributed by atoms with Crippen molar-refractivity contribution in [2.24, 2.45) is 16.6 Å². The van der Waals surface area contributed by atoms with E-state index in [1.54, 1.807) is 10.9 Å². The molecule has 1 aromatic rings. The normalized spacial score (nSPS) is 8.68. The maximum atomic E-state index is 10.4. The van der Waals surface area contributed by atoms with Gasteiger partial charge in [0.15, 0.2) is 0 Å². The molecule has 0 aliphatic rings. The molecule has 28 heavy (non-hydrogen) atoms. The second-order valence-electron chi connectivity index (χ2n) is 4.93. The highest BCUT2D eigenvalue weighted by atomic mass is 16.5. The van der Waals surface area contributed by atoms with Crippen molar-refractivity contribution >= 4 is 11.9 Å². The maximum Gasteiger partial charge on any atom is 0.302 e. The average Bonchev–Trinajstić information content (AvgIpc) is 3.13. The second kappa shape index (κ2) is 20.2. The molecule has 1 rings (SSSR count). The van der Waals surface area contributed by atoms with Crippen LogP contribution >= 0.6 is 0 Å². The largest absolute Gasteiger partial charge is 0.466 e. The lowest BCUT2D eigenvalue weighted by Gasteiger charge is -2.00. The van der Waals surface area contributed by atoms with Gasteiger partial charge in [-0.05, 0) is 12.0 Å². The molecule has 0 atom stereocenters. The average molecular weight is 396 g/mol. The topological polar surface area (TPSA) is 184 Å². The number of terminal acetylenes is 1. The minimum atomic E-state index is -0.305. The predicted molar refractivity (Wildman–Crippen MR) is 102 cm³/mol. The van der Waals surface area contributed by atoms with Gasteiger partial charge in [0.25, 0.3) is 0 Å². The summed E-state index contributed by atoms with van der Waals surface area (Å²) in [6.07, 6.45) is 7.75. The third kappa shape index (κ3) is 20.9. The highest BCUT2D eigenvalue weighted by Gasteiger charge is 1.98. The Morgan fingerprint density at radius 1 is 1.29 bits per heavy atom. The van der Waals surface area contributed by atoms with E-state index in [4.69, 9.17) is 21.7 Å². The number of nitrogens with zero attached hydrogens (tertiary/aromatic N) is 6. The van der Waals surface area contributed by atoms with Crippen LogP contribution in [0.15, 0.2) is 11.3 Å². The summed E-state index contributed by atoms with van der Waals surface area (Å²) in [5.41, 5.74) is 18.8. The molecule has 1 aromatic heterocycles. The first-order chi connectivity index (χ1) is 13.4. The zero-order chi connectivity index (χ0) is 21.6. The number of azide groups is 1. The van der Waals surface area contributed by atoms with Crippen molar-refractivity contribution in [3.05, 3.63) is 22.3 Å². The molecule has 0 aliphatic carbocycles. The third-order valence-corrected chi connectivity index (χ3v) is 2.52. The number of aryl methyl sites for hydroxylation is 1. The standard InChI is InChI=1S/C8H14N4O2.C5H9N3O2.C3H5N/c1-7(13)14-4-2-3-12-6-8(5-9)10-11-12;1-5(9)10-4-2-3-7-8-6;1-2-3-4/h6H,2-5,9H2,1H3;2-4H2,1H3;1H,3-4H2. The minimum absolute atomic E-state index is 0.258. The van der Waals surface area contributed by atoms with E-state index in [0.717, 1.165) is 12.1 Å². The first-order valence-electron chi connectivity index (χ1n) is 8.41. The molecule has 0 spiro atoms. The molecule has 0 bridgehead atoms. The van der Waals surface area contributed by atoms with Crippen molar-refractivity contribution in [1.82, 2.24) is 15.0 Å². The Hall–Kier alpha value is -3.13. The van der Waals surface area contributed by atoms with Gasteiger partial charge in [-0.15, -0.1) is 11.5 Å². The highest BCUT2D eigenvalue weighted by Crippen LogP contribution is 1.93. The van der Waals surface area contributed by atoms with Crippen molar-refractivity contribution in [2.45, 2.75) is 39.8 Å². The van der Waals surface area contributed by atoms with Crippen LogP contribution in [0.1, 0.15) is 32.4 Å². The van der Waals surface area contributed by atoms with Gasteiger partial charge in [0.2, 0.25) is 0 Å². The number of aromatic nitrogens is 3. The van der Waals surface area contributed by atoms with Gasteiger partial charge in [-0.3, -0.25) is 14.3 Å². The minimum Gasteiger partial charge on any atom is -0.466 e. The SMILES string of the molecule is C#CCN.CC(=O)OCCCN=[N+]=[N-].CC(=O)OCCCn1cc(CN)nn1. The molecule has 12 nitrogen and oxygen atoms in total. The van der Waals surface area contributed by atoms with Crippen LogP contribution in [0.3, 0.4) is 0 Å². The Kier molecular flexibility index (Phi) is 19.5. The van der Waals surface area contributed by atoms with E-state index in [9.17, 15) is 9.59 Å². The van der Waals surface area contributed by atoms with E-state index in [-0.39, 0.29) is 11.9 Å². The monoisotopic (exact) mass is 396 g/mol. The number of hydrogen-bond acceptors (Lipinski definition) is 9. The van der Waals surface area contributed by atoms with Crippen molar-refractivity contribution in [3.8, 4) is 12.3 Å². The van der Waals surface area contributed by atoms with Crippen LogP contribution in [0, 0.1) is 12.3 Å². The Balaban J connectivity index is 0. The van der Waals surface area contributed by atoms with E-state index >= 15 is 0 Å². The number of hydrogen-bond donors (Lipinski definition) is 2. The number of nitrogens with two attached hydrogens (primary N) is 2. The zero-order valence-corrected chi connectivity index (χ0v) is 16.3. The van der Waals surface area contributed by atoms with Gasteiger partial charge in [-0.2, -0.15) is 0 Å². The van der Waals surface area contributed by atoms with Crippen LogP contribution in [0.4, 0.5) is 0 Å². The lowest BCUT2D eigenvalue weighted by Crippen LogP contribution is -2.05. The van der Waals surface area contributed by atoms with Gasteiger partial charge in [0, 0.05) is 51.0 Å². The second-order valence-corrected chi connectivity index (χ2v) is 4.93. The molecule has 0 radical (unpaired) electrons. The van der Waals surface area contributed by atoms with Crippen molar-refractivity contribution in [3.63, 3.8) is 0 Å². The summed E-state index contributed by atoms with van der Waals surface area (Å²) in [5.74, 6) is 1.65. The fourth-order valence-corrected chi connectivity index (χ4v) is 1.38. The Labute approximate surface area is 164 Å². The van der Waals surface area contributed by atoms with E-state index in [1.165, 1.54) is 13.8 Å². The molecule has 0 fully saturated rings. The van der Waals surface area contributed by atoms with Crippen LogP contribution in [-0.4, -0.2) is 53.2 Å². The van der Waals surface area contributed by atoms with Gasteiger partial charge in [0.1, 0.15) is 0 Å². The fraction of sp³-hybridized carbons (Fsp3) is 0.625. The summed E-state index contributed by atoms with van der Waals surface area (Å²) in [6.45, 7) is 5.27. The molecular weight excluding hydrogens is 368 g/mol. The van der Waals surface area contributed by atoms with Crippen molar-refractivity contribution in [1.29, 1.82) is 0 Å². The van der Waals surface area contributed by atoms with Crippen molar-refractivity contribution < 1.29 is 19.1 Å². The van der Waals surface area contributed by atoms with Crippen molar-refractivity contribution in [2.75, 3.05) is 26.3 Å². The Morgan fingerprint density at radius 2 is 1.86 bits per heavy atom. The third-order valence-electron chi connectivity index (χ3n) is 2.52. The quantitative estimate of drug-likeness (QED) is 0.151. The fourth-order valence-electron chi connectivity index (χ4n) is 1.38. The summed E-state index contributed by atoms with van der Waals surface area (Å²) in [5, 5.41) is 10.9. The van der Waals surface area contributed by atoms with Gasteiger partial charge in [-0.1, -0.05) is 16.2 Å². The van der Waals surface area contributed by atoms with Crippen LogP contribution in [0.25, 0.3) is 10.4 Å². The summed E-state index contributed by atoms with van der Waals surface area (Å²) in [4.78, 5) is 23.1. The van der Waals surface area contributed by atoms with E-state index < -0.39 is 0 Å². The van der Waals surface area contributed by atoms with E-state index in [2.05, 4.69) is 37.4 Å². The van der Waals surface area contributed by atoms with Crippen LogP contribution in [0.5, 0.6) is 0 Å². The molecule has 156 valence electrons. The van der Waals surface area contributed by atoms with Crippen LogP contribution in [0.2, 0.25) is 0 Å². The molecule has 0 saturated carbocycles. The Morgan fingerprint density at radius 3 is 2.29 bits per heavy atom. The smallest absolute Gasteiger partial charge is 0.302 e. The molecule has 1 heterocycles. The summed E-state index contributed by atoms with van der Waals surface area (Å²) >= 11 is 0. The lowest BCUT2D eigenvalue weighted by molar-refractivity contribution is -0.142. The number of ether oxygens (including phenoxy) is 2. The first-order valence-corrected chi connectivity index (χ1v) is 8.41. The molecule has 0 saturated heterocycles. The maximum absolute atomic E-state index is 10.4. The van der Waals surface area contributed by atoms with Gasteiger partial charge < -0.3 is 20.9 Å². The number of carbonyl (C=O) groups is 2. The molecule has 0 amide bonds. The molecule has 0 aromatic carbocycles. The summed E-state index contributed by atoms with van der Waals surface area (Å²) in [7, 11) is 0. The predicted octanol–water partition coefficient (Wildman–Crippen LogP) is 0.518. The van der Waals surface area contributed by atoms with Crippen LogP contribution in [-0.2, 0) is 32.2 Å². The van der Waals surface area contributed by atoms with Gasteiger partial charge in [0.05, 0.1) is 25.5 Å². The zero-order valence-electron chi connectivity index (χ0n) is 16.3. The van der Waals surface area contributed by atoms with E-state index in [0.29, 0.717) is 45.8 Å². The molecule has 12 heteroatoms. The first kappa shape index (κ1) is 27.1. The molecule has 0 unspecified atom stereocenters. The molecule has 4 N–H and O–H groups in total. The summed E-state index contributed by atoms with van der Waals surface area (Å²) in [6, 6.07) is 0. The number of esters is 2. The summed E-state index contributed by atoms with van der Waals surface area (Å²) < 4.78 is 11.0. The van der Waals surface area contributed by atoms with Gasteiger partial charge in [-0.25, -0.2) is 0 Å². The lowest BCUT2D eigenvalue weighted by atomic mass is 10.4. The van der Waals surface area contributed by atoms with Gasteiger partial charge >= 0.3 is 11.9 Å². The molecular formula is C16H28N8O4.